The molecule has 0 aliphatic heterocycles. The van der Waals surface area contributed by atoms with Crippen LogP contribution in [-0.4, -0.2) is 37.1 Å². The molecule has 1 amide bonds. The Kier molecular flexibility index (Phi) is 6.00. The first-order valence-corrected chi connectivity index (χ1v) is 11.4. The molecule has 0 radical (unpaired) electrons. The van der Waals surface area contributed by atoms with E-state index in [0.29, 0.717) is 32.9 Å². The van der Waals surface area contributed by atoms with Crippen LogP contribution in [0.15, 0.2) is 29.3 Å². The van der Waals surface area contributed by atoms with Gasteiger partial charge in [-0.3, -0.25) is 9.59 Å². The summed E-state index contributed by atoms with van der Waals surface area (Å²) in [4.78, 5) is 37.1. The van der Waals surface area contributed by atoms with Gasteiger partial charge in [0.25, 0.3) is 11.5 Å². The van der Waals surface area contributed by atoms with Crippen LogP contribution in [0.5, 0.6) is 11.8 Å². The Morgan fingerprint density at radius 2 is 2.09 bits per heavy atom. The van der Waals surface area contributed by atoms with E-state index in [1.165, 1.54) is 22.0 Å². The van der Waals surface area contributed by atoms with Gasteiger partial charge < -0.3 is 24.7 Å². The van der Waals surface area contributed by atoms with Crippen LogP contribution < -0.4 is 15.6 Å². The summed E-state index contributed by atoms with van der Waals surface area (Å²) < 4.78 is 20.9. The molecule has 0 aliphatic carbocycles. The number of carbonyl (C=O) groups excluding carboxylic acids is 1. The van der Waals surface area contributed by atoms with Crippen LogP contribution in [0.1, 0.15) is 41.8 Å². The molecule has 34 heavy (non-hydrogen) atoms. The Balaban J connectivity index is 1.95. The molecule has 178 valence electrons. The predicted octanol–water partition coefficient (Wildman–Crippen LogP) is 3.60. The molecule has 0 saturated carbocycles. The SMILES string of the molecule is CCNC(=O)c1cc2c(-c3sc(C(C)(C)O)nc3Oc3ncc(F)cc3C)cn(C)c(=O)c2[nH]1. The average molecular weight is 486 g/mol. The molecule has 0 aromatic carbocycles. The minimum absolute atomic E-state index is 0.144. The van der Waals surface area contributed by atoms with Crippen molar-refractivity contribution in [1.29, 1.82) is 0 Å². The van der Waals surface area contributed by atoms with Crippen LogP contribution in [0.2, 0.25) is 0 Å². The number of aromatic amines is 1. The van der Waals surface area contributed by atoms with E-state index in [1.807, 2.05) is 0 Å². The molecule has 4 aromatic rings. The second-order valence-electron chi connectivity index (χ2n) is 8.38. The van der Waals surface area contributed by atoms with Gasteiger partial charge in [0.15, 0.2) is 0 Å². The minimum atomic E-state index is -1.27. The number of pyridine rings is 2. The fraction of sp³-hybridized carbons (Fsp3) is 0.304. The first-order valence-electron chi connectivity index (χ1n) is 10.5. The molecule has 0 spiro atoms. The Hall–Kier alpha value is -3.57. The monoisotopic (exact) mass is 485 g/mol. The summed E-state index contributed by atoms with van der Waals surface area (Å²) in [6.45, 7) is 7.09. The van der Waals surface area contributed by atoms with E-state index >= 15 is 0 Å². The van der Waals surface area contributed by atoms with Crippen LogP contribution in [-0.2, 0) is 12.6 Å². The summed E-state index contributed by atoms with van der Waals surface area (Å²) in [5.74, 6) is -0.528. The average Bonchev–Trinajstić information content (AvgIpc) is 3.38. The van der Waals surface area contributed by atoms with Crippen molar-refractivity contribution in [2.75, 3.05) is 6.54 Å². The van der Waals surface area contributed by atoms with Gasteiger partial charge in [-0.25, -0.2) is 14.4 Å². The molecule has 4 rings (SSSR count). The third-order valence-corrected chi connectivity index (χ3v) is 6.48. The molecule has 0 bridgehead atoms. The maximum Gasteiger partial charge on any atom is 0.274 e. The van der Waals surface area contributed by atoms with E-state index in [9.17, 15) is 19.1 Å². The number of amides is 1. The molecular weight excluding hydrogens is 461 g/mol. The number of halogens is 1. The van der Waals surface area contributed by atoms with E-state index in [0.717, 1.165) is 6.20 Å². The van der Waals surface area contributed by atoms with E-state index in [4.69, 9.17) is 4.74 Å². The van der Waals surface area contributed by atoms with Crippen molar-refractivity contribution in [3.63, 3.8) is 0 Å². The lowest BCUT2D eigenvalue weighted by molar-refractivity contribution is 0.0778. The van der Waals surface area contributed by atoms with Crippen LogP contribution in [0.4, 0.5) is 4.39 Å². The van der Waals surface area contributed by atoms with Gasteiger partial charge in [-0.15, -0.1) is 11.3 Å². The molecule has 4 aromatic heterocycles. The molecule has 4 heterocycles. The van der Waals surface area contributed by atoms with Crippen LogP contribution >= 0.6 is 11.3 Å². The number of carbonyl (C=O) groups is 1. The number of ether oxygens (including phenoxy) is 1. The number of H-pyrrole nitrogens is 1. The normalized spacial score (nSPS) is 11.7. The van der Waals surface area contributed by atoms with Crippen LogP contribution in [0, 0.1) is 12.7 Å². The first-order chi connectivity index (χ1) is 16.0. The molecule has 0 aliphatic rings. The van der Waals surface area contributed by atoms with Crippen LogP contribution in [0.25, 0.3) is 21.3 Å². The van der Waals surface area contributed by atoms with Gasteiger partial charge in [-0.2, -0.15) is 0 Å². The second kappa shape index (κ2) is 8.65. The quantitative estimate of drug-likeness (QED) is 0.384. The van der Waals surface area contributed by atoms with Crippen molar-refractivity contribution in [3.8, 4) is 22.2 Å². The lowest BCUT2D eigenvalue weighted by Gasteiger charge is -2.12. The third-order valence-electron chi connectivity index (χ3n) is 5.10. The molecule has 0 fully saturated rings. The van der Waals surface area contributed by atoms with Gasteiger partial charge in [-0.1, -0.05) is 0 Å². The molecule has 0 unspecified atom stereocenters. The summed E-state index contributed by atoms with van der Waals surface area (Å²) in [5.41, 5.74) is -0.0361. The highest BCUT2D eigenvalue weighted by Crippen LogP contribution is 2.43. The minimum Gasteiger partial charge on any atom is -0.419 e. The fourth-order valence-electron chi connectivity index (χ4n) is 3.43. The topological polar surface area (TPSA) is 122 Å². The van der Waals surface area contributed by atoms with Gasteiger partial charge in [-0.05, 0) is 39.8 Å². The number of fused-ring (bicyclic) bond motifs is 1. The number of rotatable bonds is 6. The highest BCUT2D eigenvalue weighted by molar-refractivity contribution is 7.15. The van der Waals surface area contributed by atoms with Crippen molar-refractivity contribution >= 4 is 28.1 Å². The van der Waals surface area contributed by atoms with Gasteiger partial charge in [0.2, 0.25) is 11.8 Å². The van der Waals surface area contributed by atoms with E-state index in [1.54, 1.807) is 47.0 Å². The van der Waals surface area contributed by atoms with Crippen molar-refractivity contribution in [3.05, 3.63) is 57.0 Å². The molecule has 0 atom stereocenters. The zero-order chi connectivity index (χ0) is 24.8. The van der Waals surface area contributed by atoms with Gasteiger partial charge in [0, 0.05) is 36.3 Å². The van der Waals surface area contributed by atoms with E-state index in [2.05, 4.69) is 20.3 Å². The standard InChI is InChI=1S/C23H24FN5O4S/c1-6-25-18(30)15-8-13-14(10-29(5)21(31)16(13)27-15)17-20(28-22(34-17)23(3,4)32)33-19-11(2)7-12(24)9-26-19/h7-10,27,32H,6H2,1-5H3,(H,25,30). The van der Waals surface area contributed by atoms with Crippen molar-refractivity contribution in [1.82, 2.24) is 24.8 Å². The van der Waals surface area contributed by atoms with Gasteiger partial charge in [0.05, 0.1) is 6.20 Å². The van der Waals surface area contributed by atoms with Crippen molar-refractivity contribution in [2.45, 2.75) is 33.3 Å². The van der Waals surface area contributed by atoms with Crippen molar-refractivity contribution in [2.24, 2.45) is 7.05 Å². The molecule has 11 heteroatoms. The highest BCUT2D eigenvalue weighted by Gasteiger charge is 2.28. The smallest absolute Gasteiger partial charge is 0.274 e. The summed E-state index contributed by atoms with van der Waals surface area (Å²) in [6.07, 6.45) is 2.67. The fourth-order valence-corrected chi connectivity index (χ4v) is 4.45. The van der Waals surface area contributed by atoms with E-state index in [-0.39, 0.29) is 34.4 Å². The predicted molar refractivity (Wildman–Crippen MR) is 127 cm³/mol. The zero-order valence-corrected chi connectivity index (χ0v) is 20.1. The Morgan fingerprint density at radius 3 is 2.74 bits per heavy atom. The third kappa shape index (κ3) is 4.31. The van der Waals surface area contributed by atoms with Crippen molar-refractivity contribution < 1.29 is 19.0 Å². The van der Waals surface area contributed by atoms with Gasteiger partial charge >= 0.3 is 0 Å². The summed E-state index contributed by atoms with van der Waals surface area (Å²) >= 11 is 1.19. The van der Waals surface area contributed by atoms with E-state index < -0.39 is 11.4 Å². The molecule has 9 nitrogen and oxygen atoms in total. The number of aliphatic hydroxyl groups is 1. The lowest BCUT2D eigenvalue weighted by atomic mass is 10.1. The summed E-state index contributed by atoms with van der Waals surface area (Å²) in [7, 11) is 1.60. The number of nitrogens with one attached hydrogen (secondary N) is 2. The maximum absolute atomic E-state index is 13.5. The molecule has 0 saturated heterocycles. The Bertz CT molecular complexity index is 1460. The second-order valence-corrected chi connectivity index (χ2v) is 9.38. The zero-order valence-electron chi connectivity index (χ0n) is 19.3. The number of hydrogen-bond acceptors (Lipinski definition) is 7. The number of thiazole rings is 1. The number of aromatic nitrogens is 4. The number of aryl methyl sites for hydroxylation is 2. The van der Waals surface area contributed by atoms with Crippen LogP contribution in [0.3, 0.4) is 0 Å². The maximum atomic E-state index is 13.5. The lowest BCUT2D eigenvalue weighted by Crippen LogP contribution is -2.23. The first kappa shape index (κ1) is 23.6. The number of nitrogens with zero attached hydrogens (tertiary/aromatic N) is 3. The number of hydrogen-bond donors (Lipinski definition) is 3. The molecule has 3 N–H and O–H groups in total. The Labute approximate surface area is 198 Å². The summed E-state index contributed by atoms with van der Waals surface area (Å²) in [6, 6.07) is 2.90. The molecular formula is C23H24FN5O4S. The van der Waals surface area contributed by atoms with Gasteiger partial charge in [0.1, 0.15) is 32.5 Å². The highest BCUT2D eigenvalue weighted by atomic mass is 32.1. The summed E-state index contributed by atoms with van der Waals surface area (Å²) in [5, 5.41) is 14.2. The Morgan fingerprint density at radius 1 is 1.35 bits per heavy atom. The largest absolute Gasteiger partial charge is 0.419 e.